The normalized spacial score (nSPS) is 8.45. The Morgan fingerprint density at radius 3 is 1.20 bits per heavy atom. The molecule has 0 heterocycles. The number of hydrogen-bond donors (Lipinski definition) is 0. The van der Waals surface area contributed by atoms with Gasteiger partial charge in [0.25, 0.3) is 0 Å². The summed E-state index contributed by atoms with van der Waals surface area (Å²) in [6.45, 7) is 11.7. The molecular formula is C16H28O3Ti. The maximum Gasteiger partial charge on any atom is 4.00 e. The molecule has 1 aromatic rings. The van der Waals surface area contributed by atoms with Crippen LogP contribution in [-0.4, -0.2) is 18.3 Å². The van der Waals surface area contributed by atoms with Crippen LogP contribution in [0.2, 0.25) is 0 Å². The molecule has 0 aliphatic heterocycles. The molecule has 0 saturated heterocycles. The van der Waals surface area contributed by atoms with Crippen LogP contribution < -0.4 is 15.3 Å². The summed E-state index contributed by atoms with van der Waals surface area (Å²) in [5.41, 5.74) is 1.20. The molecule has 0 aliphatic rings. The Labute approximate surface area is 139 Å². The van der Waals surface area contributed by atoms with Crippen molar-refractivity contribution in [2.75, 3.05) is 0 Å². The Balaban J connectivity index is -0.0000000881. The summed E-state index contributed by atoms with van der Waals surface area (Å²) < 4.78 is 0. The summed E-state index contributed by atoms with van der Waals surface area (Å²) in [5.74, 6) is 0. The van der Waals surface area contributed by atoms with Crippen molar-refractivity contribution in [2.45, 2.75) is 66.8 Å². The molecule has 0 unspecified atom stereocenters. The van der Waals surface area contributed by atoms with E-state index in [9.17, 15) is 15.3 Å². The summed E-state index contributed by atoms with van der Waals surface area (Å²) >= 11 is 0. The molecule has 4 heteroatoms. The van der Waals surface area contributed by atoms with Crippen molar-refractivity contribution in [3.63, 3.8) is 0 Å². The Morgan fingerprint density at radius 2 is 1.10 bits per heavy atom. The molecule has 1 rings (SSSR count). The van der Waals surface area contributed by atoms with Crippen LogP contribution in [0.3, 0.4) is 0 Å². The van der Waals surface area contributed by atoms with E-state index in [1.54, 1.807) is 41.5 Å². The second kappa shape index (κ2) is 21.1. The van der Waals surface area contributed by atoms with Gasteiger partial charge < -0.3 is 15.3 Å². The minimum Gasteiger partial charge on any atom is -0.852 e. The second-order valence-electron chi connectivity index (χ2n) is 4.69. The number of hydrogen-bond acceptors (Lipinski definition) is 3. The van der Waals surface area contributed by atoms with E-state index in [0.717, 1.165) is 0 Å². The van der Waals surface area contributed by atoms with Gasteiger partial charge in [0.2, 0.25) is 0 Å². The summed E-state index contributed by atoms with van der Waals surface area (Å²) in [6, 6.07) is 10.9. The Kier molecular flexibility index (Phi) is 29.6. The van der Waals surface area contributed by atoms with Crippen LogP contribution in [0.5, 0.6) is 0 Å². The summed E-state index contributed by atoms with van der Waals surface area (Å²) in [6.07, 6.45) is -1.25. The zero-order valence-corrected chi connectivity index (χ0v) is 15.3. The van der Waals surface area contributed by atoms with Crippen molar-refractivity contribution in [3.05, 3.63) is 35.9 Å². The first-order chi connectivity index (χ1) is 8.59. The van der Waals surface area contributed by atoms with E-state index in [-0.39, 0.29) is 21.7 Å². The van der Waals surface area contributed by atoms with E-state index in [1.165, 1.54) is 5.56 Å². The molecule has 0 saturated carbocycles. The molecule has 114 valence electrons. The van der Waals surface area contributed by atoms with Crippen molar-refractivity contribution in [1.82, 2.24) is 0 Å². The zero-order valence-electron chi connectivity index (χ0n) is 13.8. The van der Waals surface area contributed by atoms with E-state index in [4.69, 9.17) is 0 Å². The van der Waals surface area contributed by atoms with Gasteiger partial charge >= 0.3 is 21.7 Å². The van der Waals surface area contributed by atoms with Crippen LogP contribution >= 0.6 is 0 Å². The van der Waals surface area contributed by atoms with Gasteiger partial charge in [-0.05, 0) is 0 Å². The molecular weight excluding hydrogens is 288 g/mol. The first-order valence-corrected chi connectivity index (χ1v) is 6.50. The molecule has 1 aromatic carbocycles. The number of benzene rings is 1. The van der Waals surface area contributed by atoms with Gasteiger partial charge in [-0.25, -0.2) is 0 Å². The van der Waals surface area contributed by atoms with Crippen LogP contribution in [0, 0.1) is 13.0 Å². The van der Waals surface area contributed by atoms with Gasteiger partial charge in [-0.2, -0.15) is 35.9 Å². The number of rotatable bonds is 0. The summed E-state index contributed by atoms with van der Waals surface area (Å²) in [5, 5.41) is 28.6. The third-order valence-corrected chi connectivity index (χ3v) is 0.865. The molecule has 0 bridgehead atoms. The molecule has 0 amide bonds. The second-order valence-corrected chi connectivity index (χ2v) is 4.69. The van der Waals surface area contributed by atoms with E-state index >= 15 is 0 Å². The first-order valence-electron chi connectivity index (χ1n) is 6.50. The molecule has 0 fully saturated rings. The van der Waals surface area contributed by atoms with Crippen LogP contribution in [-0.2, 0) is 21.7 Å². The van der Waals surface area contributed by atoms with Crippen molar-refractivity contribution in [3.8, 4) is 0 Å². The third-order valence-electron chi connectivity index (χ3n) is 0.865. The largest absolute Gasteiger partial charge is 4.00 e. The third kappa shape index (κ3) is 82.5. The minimum absolute atomic E-state index is 0. The van der Waals surface area contributed by atoms with Gasteiger partial charge in [-0.3, -0.25) is 0 Å². The van der Waals surface area contributed by atoms with Crippen molar-refractivity contribution >= 4 is 0 Å². The van der Waals surface area contributed by atoms with Gasteiger partial charge in [0.15, 0.2) is 0 Å². The van der Waals surface area contributed by atoms with Gasteiger partial charge in [0, 0.05) is 0 Å². The van der Waals surface area contributed by atoms with Crippen molar-refractivity contribution in [2.24, 2.45) is 0 Å². The van der Waals surface area contributed by atoms with E-state index in [0.29, 0.717) is 0 Å². The molecule has 0 atom stereocenters. The zero-order chi connectivity index (χ0) is 15.8. The maximum absolute atomic E-state index is 9.53. The van der Waals surface area contributed by atoms with Gasteiger partial charge in [0.05, 0.1) is 0 Å². The first kappa shape index (κ1) is 28.0. The van der Waals surface area contributed by atoms with Crippen LogP contribution in [0.1, 0.15) is 47.1 Å². The van der Waals surface area contributed by atoms with E-state index < -0.39 is 18.3 Å². The molecule has 0 N–H and O–H groups in total. The fraction of sp³-hybridized carbons (Fsp3) is 0.625. The van der Waals surface area contributed by atoms with Crippen molar-refractivity contribution < 1.29 is 37.0 Å². The Morgan fingerprint density at radius 1 is 0.800 bits per heavy atom. The quantitative estimate of drug-likeness (QED) is 0.531. The van der Waals surface area contributed by atoms with E-state index in [2.05, 4.69) is 6.07 Å². The van der Waals surface area contributed by atoms with E-state index in [1.807, 2.05) is 31.2 Å². The number of aryl methyl sites for hydroxylation is 1. The SMILES string of the molecule is CC(C)[O-].CC(C)[O-].CC(C)[O-].Cc1[c-]cccc1.[Ti+4]. The van der Waals surface area contributed by atoms with Gasteiger partial charge in [-0.1, -0.05) is 48.5 Å². The fourth-order valence-corrected chi connectivity index (χ4v) is 0.483. The summed E-state index contributed by atoms with van der Waals surface area (Å²) in [7, 11) is 0. The Hall–Kier alpha value is -0.186. The summed E-state index contributed by atoms with van der Waals surface area (Å²) in [4.78, 5) is 0. The standard InChI is InChI=1S/C7H7.3C3H7O.Ti/c1-7-5-3-2-4-6-7;3*1-3(2)4;/h2-5H,1H3;3*3H,1-2H3;/q4*-1;+4. The van der Waals surface area contributed by atoms with Crippen LogP contribution in [0.4, 0.5) is 0 Å². The molecule has 0 radical (unpaired) electrons. The predicted octanol–water partition coefficient (Wildman–Crippen LogP) is 1.06. The predicted molar refractivity (Wildman–Crippen MR) is 75.4 cm³/mol. The van der Waals surface area contributed by atoms with Gasteiger partial charge in [0.1, 0.15) is 0 Å². The molecule has 0 aliphatic carbocycles. The smallest absolute Gasteiger partial charge is 0.852 e. The Bertz CT molecular complexity index is 227. The minimum atomic E-state index is -0.417. The molecule has 20 heavy (non-hydrogen) atoms. The monoisotopic (exact) mass is 316 g/mol. The van der Waals surface area contributed by atoms with Crippen LogP contribution in [0.15, 0.2) is 24.3 Å². The molecule has 0 aromatic heterocycles. The fourth-order valence-electron chi connectivity index (χ4n) is 0.483. The van der Waals surface area contributed by atoms with Crippen molar-refractivity contribution in [1.29, 1.82) is 0 Å². The molecule has 0 spiro atoms. The van der Waals surface area contributed by atoms with Crippen LogP contribution in [0.25, 0.3) is 0 Å². The molecule has 3 nitrogen and oxygen atoms in total. The maximum atomic E-state index is 9.53. The topological polar surface area (TPSA) is 69.2 Å². The van der Waals surface area contributed by atoms with Gasteiger partial charge in [-0.15, -0.1) is 18.3 Å². The average Bonchev–Trinajstić information content (AvgIpc) is 2.15. The average molecular weight is 316 g/mol.